The first-order valence-electron chi connectivity index (χ1n) is 6.96. The molecule has 1 fully saturated rings. The zero-order valence-corrected chi connectivity index (χ0v) is 11.7. The van der Waals surface area contributed by atoms with Crippen molar-refractivity contribution in [2.24, 2.45) is 17.1 Å². The average molecular weight is 250 g/mol. The Morgan fingerprint density at radius 2 is 2.06 bits per heavy atom. The van der Waals surface area contributed by atoms with Gasteiger partial charge in [-0.25, -0.2) is 0 Å². The van der Waals surface area contributed by atoms with E-state index in [2.05, 4.69) is 25.1 Å². The lowest BCUT2D eigenvalue weighted by atomic mass is 9.78. The molecule has 0 saturated heterocycles. The number of amides is 1. The largest absolute Gasteiger partial charge is 0.354 e. The molecule has 3 nitrogen and oxygen atoms in total. The first-order chi connectivity index (χ1) is 8.49. The van der Waals surface area contributed by atoms with Crippen molar-refractivity contribution >= 4 is 5.91 Å². The summed E-state index contributed by atoms with van der Waals surface area (Å²) in [5.74, 6) is 2.99. The first-order valence-corrected chi connectivity index (χ1v) is 6.96. The maximum atomic E-state index is 11.8. The number of nitrogens with one attached hydrogen (secondary N) is 1. The lowest BCUT2D eigenvalue weighted by Crippen LogP contribution is -2.45. The van der Waals surface area contributed by atoms with Gasteiger partial charge in [-0.05, 0) is 30.6 Å². The molecule has 0 bridgehead atoms. The Labute approximate surface area is 111 Å². The van der Waals surface area contributed by atoms with Gasteiger partial charge in [-0.15, -0.1) is 12.3 Å². The summed E-state index contributed by atoms with van der Waals surface area (Å²) in [5, 5.41) is 3.00. The highest BCUT2D eigenvalue weighted by molar-refractivity contribution is 5.81. The summed E-state index contributed by atoms with van der Waals surface area (Å²) in [6.07, 6.45) is 11.6. The van der Waals surface area contributed by atoms with Crippen LogP contribution in [0.1, 0.15) is 52.4 Å². The van der Waals surface area contributed by atoms with E-state index in [9.17, 15) is 4.79 Å². The molecule has 1 saturated carbocycles. The molecule has 0 radical (unpaired) electrons. The fourth-order valence-corrected chi connectivity index (χ4v) is 3.07. The molecule has 0 aromatic rings. The van der Waals surface area contributed by atoms with Gasteiger partial charge in [0, 0.05) is 13.0 Å². The van der Waals surface area contributed by atoms with Crippen molar-refractivity contribution in [3.63, 3.8) is 0 Å². The van der Waals surface area contributed by atoms with Gasteiger partial charge in [0.1, 0.15) is 0 Å². The summed E-state index contributed by atoms with van der Waals surface area (Å²) in [6, 6.07) is -0.562. The van der Waals surface area contributed by atoms with Crippen molar-refractivity contribution in [2.75, 3.05) is 6.54 Å². The highest BCUT2D eigenvalue weighted by atomic mass is 16.2. The van der Waals surface area contributed by atoms with Gasteiger partial charge in [-0.2, -0.15) is 0 Å². The Morgan fingerprint density at radius 3 is 2.56 bits per heavy atom. The zero-order chi connectivity index (χ0) is 13.6. The maximum Gasteiger partial charge on any atom is 0.237 e. The highest BCUT2D eigenvalue weighted by Crippen LogP contribution is 2.42. The molecule has 1 unspecified atom stereocenters. The van der Waals surface area contributed by atoms with Gasteiger partial charge in [0.05, 0.1) is 6.04 Å². The summed E-state index contributed by atoms with van der Waals surface area (Å²) in [5.41, 5.74) is 5.99. The number of nitrogens with two attached hydrogens (primary N) is 1. The molecule has 102 valence electrons. The number of rotatable bonds is 6. The molecule has 0 aromatic heterocycles. The van der Waals surface area contributed by atoms with Crippen molar-refractivity contribution in [3.05, 3.63) is 0 Å². The van der Waals surface area contributed by atoms with Crippen molar-refractivity contribution in [1.82, 2.24) is 5.32 Å². The van der Waals surface area contributed by atoms with Crippen LogP contribution in [0.4, 0.5) is 0 Å². The van der Waals surface area contributed by atoms with Crippen LogP contribution >= 0.6 is 0 Å². The Balaban J connectivity index is 2.48. The number of carbonyl (C=O) groups is 1. The van der Waals surface area contributed by atoms with E-state index in [4.69, 9.17) is 12.2 Å². The predicted molar refractivity (Wildman–Crippen MR) is 74.8 cm³/mol. The smallest absolute Gasteiger partial charge is 0.237 e. The summed E-state index contributed by atoms with van der Waals surface area (Å²) in [6.45, 7) is 5.24. The molecular weight excluding hydrogens is 224 g/mol. The van der Waals surface area contributed by atoms with Crippen molar-refractivity contribution in [1.29, 1.82) is 0 Å². The van der Waals surface area contributed by atoms with Crippen LogP contribution in [0.25, 0.3) is 0 Å². The van der Waals surface area contributed by atoms with Gasteiger partial charge in [-0.3, -0.25) is 4.79 Å². The van der Waals surface area contributed by atoms with Crippen molar-refractivity contribution < 1.29 is 4.79 Å². The standard InChI is InChI=1S/C15H26N2O/c1-4-7-13(16)14(18)17-11-15(10-12(2)3)8-5-6-9-15/h1,12-13H,5-11,16H2,2-3H3,(H,17,18). The molecule has 1 rings (SSSR count). The predicted octanol–water partition coefficient (Wildman–Crippen LogP) is 2.06. The summed E-state index contributed by atoms with van der Waals surface area (Å²) in [4.78, 5) is 11.8. The third-order valence-electron chi connectivity index (χ3n) is 3.82. The van der Waals surface area contributed by atoms with Crippen LogP contribution in [0.5, 0.6) is 0 Å². The van der Waals surface area contributed by atoms with Crippen LogP contribution in [0, 0.1) is 23.7 Å². The molecule has 18 heavy (non-hydrogen) atoms. The summed E-state index contributed by atoms with van der Waals surface area (Å²) < 4.78 is 0. The number of terminal acetylenes is 1. The molecule has 0 heterocycles. The van der Waals surface area contributed by atoms with E-state index < -0.39 is 6.04 Å². The second kappa shape index (κ2) is 6.80. The zero-order valence-electron chi connectivity index (χ0n) is 11.7. The van der Waals surface area contributed by atoms with E-state index in [1.54, 1.807) is 0 Å². The molecule has 1 aliphatic rings. The van der Waals surface area contributed by atoms with Crippen LogP contribution < -0.4 is 11.1 Å². The van der Waals surface area contributed by atoms with Crippen LogP contribution in [-0.2, 0) is 4.79 Å². The van der Waals surface area contributed by atoms with Gasteiger partial charge in [0.2, 0.25) is 5.91 Å². The third-order valence-corrected chi connectivity index (χ3v) is 3.82. The third kappa shape index (κ3) is 4.34. The molecule has 1 aliphatic carbocycles. The average Bonchev–Trinajstić information content (AvgIpc) is 2.74. The van der Waals surface area contributed by atoms with Crippen molar-refractivity contribution in [2.45, 2.75) is 58.4 Å². The number of hydrogen-bond donors (Lipinski definition) is 2. The first kappa shape index (κ1) is 15.0. The summed E-state index contributed by atoms with van der Waals surface area (Å²) >= 11 is 0. The molecule has 0 aliphatic heterocycles. The highest BCUT2D eigenvalue weighted by Gasteiger charge is 2.34. The van der Waals surface area contributed by atoms with Gasteiger partial charge < -0.3 is 11.1 Å². The van der Waals surface area contributed by atoms with E-state index in [1.165, 1.54) is 32.1 Å². The van der Waals surface area contributed by atoms with Gasteiger partial charge >= 0.3 is 0 Å². The van der Waals surface area contributed by atoms with Gasteiger partial charge in [-0.1, -0.05) is 26.7 Å². The van der Waals surface area contributed by atoms with Crippen LogP contribution in [0.3, 0.4) is 0 Å². The Morgan fingerprint density at radius 1 is 1.44 bits per heavy atom. The molecule has 3 N–H and O–H groups in total. The van der Waals surface area contributed by atoms with Gasteiger partial charge in [0.15, 0.2) is 0 Å². The lowest BCUT2D eigenvalue weighted by Gasteiger charge is -2.31. The van der Waals surface area contributed by atoms with Crippen LogP contribution in [0.15, 0.2) is 0 Å². The summed E-state index contributed by atoms with van der Waals surface area (Å²) in [7, 11) is 0. The van der Waals surface area contributed by atoms with E-state index in [-0.39, 0.29) is 5.91 Å². The van der Waals surface area contributed by atoms with Crippen LogP contribution in [-0.4, -0.2) is 18.5 Å². The normalized spacial score (nSPS) is 19.5. The minimum absolute atomic E-state index is 0.108. The molecular formula is C15H26N2O. The quantitative estimate of drug-likeness (QED) is 0.709. The van der Waals surface area contributed by atoms with E-state index >= 15 is 0 Å². The molecule has 0 aromatic carbocycles. The molecule has 1 atom stereocenters. The Hall–Kier alpha value is -1.01. The fourth-order valence-electron chi connectivity index (χ4n) is 3.07. The second-order valence-corrected chi connectivity index (χ2v) is 6.04. The topological polar surface area (TPSA) is 55.1 Å². The van der Waals surface area contributed by atoms with E-state index in [1.807, 2.05) is 0 Å². The molecule has 0 spiro atoms. The molecule has 3 heteroatoms. The molecule has 1 amide bonds. The second-order valence-electron chi connectivity index (χ2n) is 6.04. The van der Waals surface area contributed by atoms with Gasteiger partial charge in [0.25, 0.3) is 0 Å². The Kier molecular flexibility index (Phi) is 5.68. The van der Waals surface area contributed by atoms with E-state index in [0.29, 0.717) is 17.8 Å². The Bertz CT molecular complexity index is 311. The number of carbonyl (C=O) groups excluding carboxylic acids is 1. The van der Waals surface area contributed by atoms with Crippen LogP contribution in [0.2, 0.25) is 0 Å². The maximum absolute atomic E-state index is 11.8. The number of hydrogen-bond acceptors (Lipinski definition) is 2. The monoisotopic (exact) mass is 250 g/mol. The fraction of sp³-hybridized carbons (Fsp3) is 0.800. The lowest BCUT2D eigenvalue weighted by molar-refractivity contribution is -0.122. The SMILES string of the molecule is C#CCC(N)C(=O)NCC1(CC(C)C)CCCC1. The minimum Gasteiger partial charge on any atom is -0.354 e. The van der Waals surface area contributed by atoms with E-state index in [0.717, 1.165) is 6.54 Å². The minimum atomic E-state index is -0.562. The van der Waals surface area contributed by atoms with Crippen molar-refractivity contribution in [3.8, 4) is 12.3 Å².